The van der Waals surface area contributed by atoms with Crippen LogP contribution in [0, 0.1) is 0 Å². The van der Waals surface area contributed by atoms with Crippen molar-refractivity contribution in [3.05, 3.63) is 23.8 Å². The third kappa shape index (κ3) is 5.26. The topological polar surface area (TPSA) is 35.6 Å². The van der Waals surface area contributed by atoms with Crippen LogP contribution < -0.4 is 10.2 Å². The smallest absolute Gasteiger partial charge is 0.373 e. The summed E-state index contributed by atoms with van der Waals surface area (Å²) in [5, 5.41) is 2.34. The van der Waals surface area contributed by atoms with Crippen LogP contribution in [0.3, 0.4) is 0 Å². The average Bonchev–Trinajstić information content (AvgIpc) is 2.37. The summed E-state index contributed by atoms with van der Waals surface area (Å²) in [5.41, 5.74) is -0.0571. The molecule has 0 bridgehead atoms. The molecule has 1 N–H and O–H groups in total. The summed E-state index contributed by atoms with van der Waals surface area (Å²) >= 11 is 0. The van der Waals surface area contributed by atoms with Gasteiger partial charge in [0.2, 0.25) is 6.41 Å². The molecule has 0 aliphatic carbocycles. The fraction of sp³-hybridized carbons (Fsp3) is 0.500. The van der Waals surface area contributed by atoms with E-state index >= 15 is 0 Å². The zero-order valence-electron chi connectivity index (χ0n) is 12.4. The number of carbonyl (C=O) groups excluding carboxylic acids is 1. The van der Waals surface area contributed by atoms with Crippen molar-refractivity contribution < 1.29 is 18.0 Å². The van der Waals surface area contributed by atoms with Crippen molar-refractivity contribution in [3.8, 4) is 0 Å². The summed E-state index contributed by atoms with van der Waals surface area (Å²) in [6.45, 7) is 1.55. The van der Waals surface area contributed by atoms with E-state index in [9.17, 15) is 18.0 Å². The van der Waals surface area contributed by atoms with Gasteiger partial charge in [0.05, 0.1) is 16.9 Å². The van der Waals surface area contributed by atoms with E-state index in [0.717, 1.165) is 25.1 Å². The molecule has 0 heterocycles. The lowest BCUT2D eigenvalue weighted by molar-refractivity contribution is -0.137. The summed E-state index contributed by atoms with van der Waals surface area (Å²) in [5.74, 6) is 0. The fourth-order valence-corrected chi connectivity index (χ4v) is 1.97. The quantitative estimate of drug-likeness (QED) is 0.787. The van der Waals surface area contributed by atoms with E-state index in [1.165, 1.54) is 6.07 Å². The highest BCUT2D eigenvalue weighted by atomic mass is 19.4. The van der Waals surface area contributed by atoms with Gasteiger partial charge in [-0.1, -0.05) is 0 Å². The number of alkyl halides is 3. The molecule has 1 rings (SSSR count). The molecule has 1 aromatic carbocycles. The van der Waals surface area contributed by atoms with Crippen LogP contribution in [0.1, 0.15) is 12.0 Å². The highest BCUT2D eigenvalue weighted by Gasteiger charge is 2.31. The number of nitrogens with one attached hydrogen (secondary N) is 1. The zero-order valence-corrected chi connectivity index (χ0v) is 12.4. The molecule has 0 unspecified atom stereocenters. The summed E-state index contributed by atoms with van der Waals surface area (Å²) in [4.78, 5) is 14.5. The molecule has 1 amide bonds. The van der Waals surface area contributed by atoms with Gasteiger partial charge in [-0.2, -0.15) is 13.2 Å². The van der Waals surface area contributed by atoms with Crippen molar-refractivity contribution in [3.63, 3.8) is 0 Å². The van der Waals surface area contributed by atoms with Gasteiger partial charge in [0.1, 0.15) is 0 Å². The van der Waals surface area contributed by atoms with Gasteiger partial charge in [-0.05, 0) is 45.3 Å². The Balaban J connectivity index is 2.92. The van der Waals surface area contributed by atoms with E-state index in [1.807, 2.05) is 23.9 Å². The summed E-state index contributed by atoms with van der Waals surface area (Å²) in [7, 11) is 5.70. The first-order chi connectivity index (χ1) is 9.75. The van der Waals surface area contributed by atoms with Crippen molar-refractivity contribution in [1.29, 1.82) is 0 Å². The second-order valence-electron chi connectivity index (χ2n) is 5.07. The van der Waals surface area contributed by atoms with Gasteiger partial charge in [-0.15, -0.1) is 0 Å². The van der Waals surface area contributed by atoms with Gasteiger partial charge >= 0.3 is 6.18 Å². The highest BCUT2D eigenvalue weighted by molar-refractivity contribution is 5.81. The van der Waals surface area contributed by atoms with Crippen molar-refractivity contribution >= 4 is 17.8 Å². The number of hydrogen-bond donors (Lipinski definition) is 1. The van der Waals surface area contributed by atoms with E-state index in [-0.39, 0.29) is 5.69 Å². The summed E-state index contributed by atoms with van der Waals surface area (Å²) < 4.78 is 38.1. The second-order valence-corrected chi connectivity index (χ2v) is 5.07. The Kier molecular flexibility index (Phi) is 6.02. The van der Waals surface area contributed by atoms with Crippen LogP contribution in [0.25, 0.3) is 0 Å². The second kappa shape index (κ2) is 7.31. The molecular formula is C14H20F3N3O. The first-order valence-electron chi connectivity index (χ1n) is 6.53. The molecule has 0 aliphatic heterocycles. The maximum atomic E-state index is 12.7. The number of carbonyl (C=O) groups is 1. The van der Waals surface area contributed by atoms with Crippen LogP contribution in [0.2, 0.25) is 0 Å². The molecule has 0 saturated carbocycles. The van der Waals surface area contributed by atoms with Gasteiger partial charge in [-0.25, -0.2) is 0 Å². The van der Waals surface area contributed by atoms with Crippen molar-refractivity contribution in [1.82, 2.24) is 4.90 Å². The molecule has 0 radical (unpaired) electrons. The largest absolute Gasteiger partial charge is 0.416 e. The van der Waals surface area contributed by atoms with E-state index in [4.69, 9.17) is 0 Å². The van der Waals surface area contributed by atoms with Gasteiger partial charge in [0.15, 0.2) is 0 Å². The first-order valence-corrected chi connectivity index (χ1v) is 6.53. The number of benzene rings is 1. The number of rotatable bonds is 7. The predicted molar refractivity (Wildman–Crippen MR) is 77.6 cm³/mol. The van der Waals surface area contributed by atoms with E-state index in [2.05, 4.69) is 5.32 Å². The third-order valence-electron chi connectivity index (χ3n) is 3.05. The van der Waals surface area contributed by atoms with Crippen LogP contribution in [0.4, 0.5) is 24.5 Å². The Hall–Kier alpha value is -1.76. The van der Waals surface area contributed by atoms with Crippen molar-refractivity contribution in [2.24, 2.45) is 0 Å². The zero-order chi connectivity index (χ0) is 16.0. The number of halogens is 3. The Morgan fingerprint density at radius 1 is 1.19 bits per heavy atom. The maximum absolute atomic E-state index is 12.7. The first kappa shape index (κ1) is 17.3. The molecule has 0 aliphatic rings. The lowest BCUT2D eigenvalue weighted by atomic mass is 10.1. The molecular weight excluding hydrogens is 283 g/mol. The lowest BCUT2D eigenvalue weighted by Crippen LogP contribution is -2.24. The van der Waals surface area contributed by atoms with E-state index < -0.39 is 11.7 Å². The number of nitrogens with zero attached hydrogens (tertiary/aromatic N) is 2. The lowest BCUT2D eigenvalue weighted by Gasteiger charge is -2.23. The molecule has 0 spiro atoms. The number of hydrogen-bond acceptors (Lipinski definition) is 3. The Morgan fingerprint density at radius 2 is 1.86 bits per heavy atom. The van der Waals surface area contributed by atoms with Crippen LogP contribution in [0.15, 0.2) is 18.2 Å². The fourth-order valence-electron chi connectivity index (χ4n) is 1.97. The Morgan fingerprint density at radius 3 is 2.38 bits per heavy atom. The molecule has 118 valence electrons. The van der Waals surface area contributed by atoms with Crippen molar-refractivity contribution in [2.75, 3.05) is 44.4 Å². The molecule has 0 fully saturated rings. The summed E-state index contributed by atoms with van der Waals surface area (Å²) in [6, 6.07) is 3.35. The highest BCUT2D eigenvalue weighted by Crippen LogP contribution is 2.35. The molecule has 1 aromatic rings. The van der Waals surface area contributed by atoms with E-state index in [1.54, 1.807) is 7.05 Å². The van der Waals surface area contributed by atoms with Crippen LogP contribution in [0.5, 0.6) is 0 Å². The minimum Gasteiger partial charge on any atom is -0.373 e. The Bertz CT molecular complexity index is 475. The third-order valence-corrected chi connectivity index (χ3v) is 3.05. The van der Waals surface area contributed by atoms with Gasteiger partial charge in [0, 0.05) is 13.6 Å². The van der Waals surface area contributed by atoms with Gasteiger partial charge < -0.3 is 15.1 Å². The van der Waals surface area contributed by atoms with Crippen molar-refractivity contribution in [2.45, 2.75) is 12.6 Å². The maximum Gasteiger partial charge on any atom is 0.416 e. The molecule has 0 atom stereocenters. The van der Waals surface area contributed by atoms with Gasteiger partial charge in [-0.3, -0.25) is 4.79 Å². The van der Waals surface area contributed by atoms with Gasteiger partial charge in [0.25, 0.3) is 0 Å². The standard InChI is InChI=1S/C14H20F3N3O/c1-19(2)7-4-8-20(3)13-6-5-11(14(15,16)17)9-12(13)18-10-21/h5-6,9-10H,4,7-8H2,1-3H3,(H,18,21). The number of anilines is 2. The normalized spacial score (nSPS) is 11.6. The monoisotopic (exact) mass is 303 g/mol. The van der Waals surface area contributed by atoms with Crippen LogP contribution in [-0.4, -0.2) is 45.5 Å². The molecule has 0 saturated heterocycles. The predicted octanol–water partition coefficient (Wildman–Crippen LogP) is 2.66. The Labute approximate surface area is 122 Å². The minimum absolute atomic E-state index is 0.159. The molecule has 0 aromatic heterocycles. The SMILES string of the molecule is CN(C)CCCN(C)c1ccc(C(F)(F)F)cc1NC=O. The minimum atomic E-state index is -4.43. The van der Waals surface area contributed by atoms with Crippen LogP contribution >= 0.6 is 0 Å². The van der Waals surface area contributed by atoms with Crippen LogP contribution in [-0.2, 0) is 11.0 Å². The summed E-state index contributed by atoms with van der Waals surface area (Å²) in [6.07, 6.45) is -3.18. The number of amides is 1. The molecule has 7 heteroatoms. The van der Waals surface area contributed by atoms with E-state index in [0.29, 0.717) is 18.6 Å². The molecule has 21 heavy (non-hydrogen) atoms. The average molecular weight is 303 g/mol. The molecule has 4 nitrogen and oxygen atoms in total.